The van der Waals surface area contributed by atoms with Crippen LogP contribution in [0.5, 0.6) is 0 Å². The maximum absolute atomic E-state index is 12.8. The van der Waals surface area contributed by atoms with Gasteiger partial charge in [0.05, 0.1) is 16.6 Å². The highest BCUT2D eigenvalue weighted by atomic mass is 16.1. The van der Waals surface area contributed by atoms with Gasteiger partial charge < -0.3 is 4.57 Å². The lowest BCUT2D eigenvalue weighted by molar-refractivity contribution is -0.118. The zero-order valence-electron chi connectivity index (χ0n) is 19.9. The predicted octanol–water partition coefficient (Wildman–Crippen LogP) is 6.35. The Balaban J connectivity index is 1.66. The Kier molecular flexibility index (Phi) is 4.78. The molecule has 0 spiro atoms. The predicted molar refractivity (Wildman–Crippen MR) is 143 cm³/mol. The Morgan fingerprint density at radius 3 is 2.03 bits per heavy atom. The summed E-state index contributed by atoms with van der Waals surface area (Å²) in [6, 6.07) is 35.9. The van der Waals surface area contributed by atoms with Gasteiger partial charge in [-0.1, -0.05) is 84.1 Å². The Morgan fingerprint density at radius 1 is 0.750 bits per heavy atom. The number of carbonyl (C=O) groups is 1. The van der Waals surface area contributed by atoms with Gasteiger partial charge >= 0.3 is 0 Å². The molecule has 1 saturated carbocycles. The molecule has 2 atom stereocenters. The van der Waals surface area contributed by atoms with Gasteiger partial charge in [-0.25, -0.2) is 4.68 Å². The van der Waals surface area contributed by atoms with Crippen LogP contribution >= 0.6 is 0 Å². The first-order valence-corrected chi connectivity index (χ1v) is 12.6. The van der Waals surface area contributed by atoms with Gasteiger partial charge in [0, 0.05) is 36.0 Å². The molecule has 6 aromatic rings. The summed E-state index contributed by atoms with van der Waals surface area (Å²) in [6.45, 7) is 0. The number of fused-ring (bicyclic) bond motifs is 4. The van der Waals surface area contributed by atoms with E-state index < -0.39 is 5.66 Å². The van der Waals surface area contributed by atoms with E-state index in [9.17, 15) is 4.79 Å². The fraction of sp³-hybridized carbons (Fsp3) is 0.194. The smallest absolute Gasteiger partial charge is 0.147 e. The minimum atomic E-state index is -0.660. The lowest BCUT2D eigenvalue weighted by Crippen LogP contribution is -2.49. The van der Waals surface area contributed by atoms with E-state index in [0.717, 1.165) is 28.5 Å². The standard InChI is InChI=1S/C31H26N4O/c36-24-19-18-23(20-24)31(21-22-10-2-1-3-11-22,35-30-17-9-6-14-27(30)32-33-35)34-28-15-7-4-12-25(28)26-13-5-8-16-29(26)34/h1-17,23H,18-21H2. The summed E-state index contributed by atoms with van der Waals surface area (Å²) in [5.41, 5.74) is 4.68. The number of rotatable bonds is 5. The monoisotopic (exact) mass is 470 g/mol. The van der Waals surface area contributed by atoms with E-state index in [0.29, 0.717) is 25.0 Å². The van der Waals surface area contributed by atoms with Crippen molar-refractivity contribution in [1.82, 2.24) is 19.6 Å². The molecule has 1 fully saturated rings. The van der Waals surface area contributed by atoms with E-state index in [-0.39, 0.29) is 5.92 Å². The Labute approximate surface area is 209 Å². The lowest BCUT2D eigenvalue weighted by Gasteiger charge is -2.42. The van der Waals surface area contributed by atoms with Gasteiger partial charge in [-0.05, 0) is 36.2 Å². The number of hydrogen-bond donors (Lipinski definition) is 0. The highest BCUT2D eigenvalue weighted by Gasteiger charge is 2.48. The maximum Gasteiger partial charge on any atom is 0.147 e. The number of benzene rings is 4. The van der Waals surface area contributed by atoms with Crippen molar-refractivity contribution in [2.24, 2.45) is 5.92 Å². The fourth-order valence-electron chi connectivity index (χ4n) is 6.35. The molecule has 0 bridgehead atoms. The van der Waals surface area contributed by atoms with Gasteiger partial charge in [-0.2, -0.15) is 0 Å². The van der Waals surface area contributed by atoms with Crippen molar-refractivity contribution in [1.29, 1.82) is 0 Å². The number of nitrogens with zero attached hydrogens (tertiary/aromatic N) is 4. The van der Waals surface area contributed by atoms with Gasteiger partial charge in [0.1, 0.15) is 17.0 Å². The first-order valence-electron chi connectivity index (χ1n) is 12.6. The van der Waals surface area contributed by atoms with Crippen LogP contribution in [0.1, 0.15) is 24.8 Å². The van der Waals surface area contributed by atoms with Crippen molar-refractivity contribution in [3.05, 3.63) is 109 Å². The van der Waals surface area contributed by atoms with E-state index in [1.807, 2.05) is 18.2 Å². The van der Waals surface area contributed by atoms with Crippen LogP contribution in [0.4, 0.5) is 0 Å². The van der Waals surface area contributed by atoms with Crippen LogP contribution in [0.15, 0.2) is 103 Å². The van der Waals surface area contributed by atoms with Gasteiger partial charge in [-0.3, -0.25) is 4.79 Å². The second-order valence-corrected chi connectivity index (χ2v) is 9.88. The molecule has 4 aromatic carbocycles. The minimum Gasteiger partial charge on any atom is -0.314 e. The van der Waals surface area contributed by atoms with Crippen molar-refractivity contribution in [2.45, 2.75) is 31.3 Å². The topological polar surface area (TPSA) is 52.7 Å². The van der Waals surface area contributed by atoms with Crippen molar-refractivity contribution in [2.75, 3.05) is 0 Å². The molecule has 2 unspecified atom stereocenters. The van der Waals surface area contributed by atoms with Crippen LogP contribution in [-0.2, 0) is 16.9 Å². The molecular formula is C31H26N4O. The molecule has 5 nitrogen and oxygen atoms in total. The number of para-hydroxylation sites is 3. The molecule has 0 amide bonds. The second-order valence-electron chi connectivity index (χ2n) is 9.88. The normalized spacial score (nSPS) is 17.8. The molecule has 176 valence electrons. The quantitative estimate of drug-likeness (QED) is 0.295. The number of ketones is 1. The van der Waals surface area contributed by atoms with Crippen LogP contribution in [0.25, 0.3) is 32.8 Å². The van der Waals surface area contributed by atoms with Crippen molar-refractivity contribution in [3.63, 3.8) is 0 Å². The third-order valence-electron chi connectivity index (χ3n) is 7.89. The summed E-state index contributed by atoms with van der Waals surface area (Å²) in [6.07, 6.45) is 2.65. The highest BCUT2D eigenvalue weighted by Crippen LogP contribution is 2.46. The molecule has 36 heavy (non-hydrogen) atoms. The molecule has 1 aliphatic carbocycles. The first kappa shape index (κ1) is 21.1. The molecule has 0 saturated heterocycles. The Bertz CT molecular complexity index is 1680. The van der Waals surface area contributed by atoms with E-state index >= 15 is 0 Å². The zero-order chi connectivity index (χ0) is 24.1. The summed E-state index contributed by atoms with van der Waals surface area (Å²) < 4.78 is 4.59. The summed E-state index contributed by atoms with van der Waals surface area (Å²) in [5.74, 6) is 0.386. The molecule has 5 heteroatoms. The largest absolute Gasteiger partial charge is 0.314 e. The Hall–Kier alpha value is -4.25. The van der Waals surface area contributed by atoms with Gasteiger partial charge in [0.15, 0.2) is 0 Å². The van der Waals surface area contributed by atoms with Crippen molar-refractivity contribution in [3.8, 4) is 0 Å². The number of carbonyl (C=O) groups excluding carboxylic acids is 1. The highest BCUT2D eigenvalue weighted by molar-refractivity contribution is 6.08. The summed E-state index contributed by atoms with van der Waals surface area (Å²) in [5, 5.41) is 11.9. The van der Waals surface area contributed by atoms with E-state index in [1.54, 1.807) is 0 Å². The molecule has 2 aromatic heterocycles. The van der Waals surface area contributed by atoms with E-state index in [1.165, 1.54) is 16.3 Å². The molecule has 2 heterocycles. The van der Waals surface area contributed by atoms with Crippen LogP contribution < -0.4 is 0 Å². The van der Waals surface area contributed by atoms with Crippen LogP contribution in [0, 0.1) is 5.92 Å². The minimum absolute atomic E-state index is 0.0644. The van der Waals surface area contributed by atoms with Crippen molar-refractivity contribution < 1.29 is 4.79 Å². The van der Waals surface area contributed by atoms with E-state index in [4.69, 9.17) is 5.21 Å². The molecule has 0 radical (unpaired) electrons. The van der Waals surface area contributed by atoms with Crippen LogP contribution in [0.2, 0.25) is 0 Å². The fourth-order valence-corrected chi connectivity index (χ4v) is 6.35. The van der Waals surface area contributed by atoms with Gasteiger partial charge in [-0.15, -0.1) is 5.10 Å². The second kappa shape index (κ2) is 8.16. The maximum atomic E-state index is 12.8. The summed E-state index contributed by atoms with van der Waals surface area (Å²) >= 11 is 0. The summed E-state index contributed by atoms with van der Waals surface area (Å²) in [7, 11) is 0. The summed E-state index contributed by atoms with van der Waals surface area (Å²) in [4.78, 5) is 12.8. The van der Waals surface area contributed by atoms with Crippen LogP contribution in [0.3, 0.4) is 0 Å². The van der Waals surface area contributed by atoms with Gasteiger partial charge in [0.25, 0.3) is 0 Å². The van der Waals surface area contributed by atoms with Crippen molar-refractivity contribution >= 4 is 38.6 Å². The number of aromatic nitrogens is 4. The first-order chi connectivity index (χ1) is 17.8. The van der Waals surface area contributed by atoms with E-state index in [2.05, 4.69) is 99.3 Å². The molecule has 7 rings (SSSR count). The molecule has 0 N–H and O–H groups in total. The number of Topliss-reactive ketones (excluding diaryl/α,β-unsaturated/α-hetero) is 1. The Morgan fingerprint density at radius 2 is 1.36 bits per heavy atom. The average Bonchev–Trinajstić information content (AvgIpc) is 3.64. The third-order valence-corrected chi connectivity index (χ3v) is 7.89. The lowest BCUT2D eigenvalue weighted by atomic mass is 9.84. The van der Waals surface area contributed by atoms with Gasteiger partial charge in [0.2, 0.25) is 0 Å². The van der Waals surface area contributed by atoms with Crippen LogP contribution in [-0.4, -0.2) is 25.3 Å². The molecule has 1 aliphatic rings. The SMILES string of the molecule is O=C1CCC(C(Cc2ccccc2)(n2nnc3ccccc32)n2c3ccccc3c3ccccc32)C1. The zero-order valence-corrected chi connectivity index (χ0v) is 19.9. The number of hydrogen-bond acceptors (Lipinski definition) is 3. The average molecular weight is 471 g/mol. The molecular weight excluding hydrogens is 444 g/mol. The third kappa shape index (κ3) is 3.05. The molecule has 0 aliphatic heterocycles.